The maximum Gasteiger partial charge on any atom is 0.350 e. The van der Waals surface area contributed by atoms with E-state index in [2.05, 4.69) is 5.32 Å². The molecule has 1 saturated heterocycles. The molecule has 0 radical (unpaired) electrons. The van der Waals surface area contributed by atoms with Crippen molar-refractivity contribution in [2.45, 2.75) is 26.6 Å². The maximum absolute atomic E-state index is 11.8. The van der Waals surface area contributed by atoms with Crippen LogP contribution in [0.3, 0.4) is 0 Å². The summed E-state index contributed by atoms with van der Waals surface area (Å²) in [5.74, 6) is -3.16. The van der Waals surface area contributed by atoms with E-state index in [1.807, 2.05) is 0 Å². The molecule has 0 aliphatic carbocycles. The van der Waals surface area contributed by atoms with Gasteiger partial charge in [-0.1, -0.05) is 23.2 Å². The molecular weight excluding hydrogens is 345 g/mol. The highest BCUT2D eigenvalue weighted by Gasteiger charge is 2.39. The van der Waals surface area contributed by atoms with Crippen molar-refractivity contribution in [2.75, 3.05) is 5.32 Å². The minimum Gasteiger partial charge on any atom is -0.419 e. The molecular formula is C15H13Cl2NO5. The van der Waals surface area contributed by atoms with Crippen molar-refractivity contribution in [2.24, 2.45) is 0 Å². The smallest absolute Gasteiger partial charge is 0.350 e. The van der Waals surface area contributed by atoms with Crippen molar-refractivity contribution in [1.29, 1.82) is 0 Å². The number of Topliss-reactive ketones (excluding diaryl/α,β-unsaturated/α-hetero) is 1. The van der Waals surface area contributed by atoms with Crippen LogP contribution in [0.2, 0.25) is 10.0 Å². The molecule has 1 aliphatic rings. The molecule has 1 heterocycles. The zero-order chi connectivity index (χ0) is 17.4. The van der Waals surface area contributed by atoms with Gasteiger partial charge < -0.3 is 14.8 Å². The summed E-state index contributed by atoms with van der Waals surface area (Å²) in [6.45, 7) is 4.27. The number of ether oxygens (including phenoxy) is 2. The van der Waals surface area contributed by atoms with Crippen LogP contribution in [0.15, 0.2) is 23.9 Å². The molecule has 1 aromatic rings. The second-order valence-corrected chi connectivity index (χ2v) is 6.07. The first-order valence-electron chi connectivity index (χ1n) is 6.54. The number of cyclic esters (lactones) is 2. The van der Waals surface area contributed by atoms with E-state index in [4.69, 9.17) is 32.7 Å². The number of rotatable bonds is 3. The van der Waals surface area contributed by atoms with E-state index in [0.717, 1.165) is 6.20 Å². The molecule has 1 fully saturated rings. The highest BCUT2D eigenvalue weighted by molar-refractivity contribution is 6.39. The van der Waals surface area contributed by atoms with Gasteiger partial charge in [-0.25, -0.2) is 9.59 Å². The largest absolute Gasteiger partial charge is 0.419 e. The molecule has 1 N–H and O–H groups in total. The van der Waals surface area contributed by atoms with Crippen molar-refractivity contribution in [3.05, 3.63) is 39.5 Å². The molecule has 0 unspecified atom stereocenters. The van der Waals surface area contributed by atoms with Crippen LogP contribution in [0.5, 0.6) is 0 Å². The average molecular weight is 358 g/mol. The number of hydrogen-bond acceptors (Lipinski definition) is 6. The van der Waals surface area contributed by atoms with E-state index in [-0.39, 0.29) is 27.1 Å². The minimum atomic E-state index is -1.32. The van der Waals surface area contributed by atoms with E-state index < -0.39 is 17.7 Å². The third kappa shape index (κ3) is 3.83. The molecule has 0 bridgehead atoms. The van der Waals surface area contributed by atoms with E-state index >= 15 is 0 Å². The van der Waals surface area contributed by atoms with Crippen LogP contribution in [0.25, 0.3) is 0 Å². The molecule has 0 saturated carbocycles. The summed E-state index contributed by atoms with van der Waals surface area (Å²) in [4.78, 5) is 35.0. The number of anilines is 1. The monoisotopic (exact) mass is 357 g/mol. The number of carbonyl (C=O) groups excluding carboxylic acids is 3. The number of hydrogen-bond donors (Lipinski definition) is 1. The first-order valence-corrected chi connectivity index (χ1v) is 7.29. The summed E-state index contributed by atoms with van der Waals surface area (Å²) in [5.41, 5.74) is 0.264. The Kier molecular flexibility index (Phi) is 4.68. The van der Waals surface area contributed by atoms with Gasteiger partial charge in [-0.15, -0.1) is 0 Å². The number of ketones is 1. The van der Waals surface area contributed by atoms with Crippen LogP contribution in [0.4, 0.5) is 5.69 Å². The number of carbonyl (C=O) groups is 3. The normalized spacial score (nSPS) is 16.5. The zero-order valence-electron chi connectivity index (χ0n) is 12.5. The fraction of sp³-hybridized carbons (Fsp3) is 0.267. The lowest BCUT2D eigenvalue weighted by atomic mass is 10.1. The number of benzene rings is 1. The van der Waals surface area contributed by atoms with Gasteiger partial charge in [0.1, 0.15) is 0 Å². The Hall–Kier alpha value is -2.05. The molecule has 0 amide bonds. The molecule has 0 spiro atoms. The summed E-state index contributed by atoms with van der Waals surface area (Å²) in [6.07, 6.45) is 1.10. The summed E-state index contributed by atoms with van der Waals surface area (Å²) in [6, 6.07) is 2.86. The Balaban J connectivity index is 2.28. The fourth-order valence-electron chi connectivity index (χ4n) is 1.84. The topological polar surface area (TPSA) is 81.7 Å². The van der Waals surface area contributed by atoms with Gasteiger partial charge in [0.25, 0.3) is 5.79 Å². The van der Waals surface area contributed by atoms with Crippen LogP contribution >= 0.6 is 23.2 Å². The van der Waals surface area contributed by atoms with Gasteiger partial charge in [0, 0.05) is 25.6 Å². The molecule has 1 aliphatic heterocycles. The Morgan fingerprint density at radius 2 is 1.61 bits per heavy atom. The number of halogens is 2. The molecule has 6 nitrogen and oxygen atoms in total. The quantitative estimate of drug-likeness (QED) is 0.386. The minimum absolute atomic E-state index is 0.164. The van der Waals surface area contributed by atoms with Crippen molar-refractivity contribution in [3.63, 3.8) is 0 Å². The lowest BCUT2D eigenvalue weighted by molar-refractivity contribution is -0.222. The van der Waals surface area contributed by atoms with Crippen LogP contribution in [0.1, 0.15) is 31.1 Å². The summed E-state index contributed by atoms with van der Waals surface area (Å²) >= 11 is 12.1. The standard InChI is InChI=1S/C15H13Cl2NO5/c1-7(19)8-4-10(16)12(11(17)5-8)18-6-9-13(20)22-15(2,3)23-14(9)21/h4-6,18H,1-3H3. The van der Waals surface area contributed by atoms with Crippen LogP contribution in [0, 0.1) is 0 Å². The average Bonchev–Trinajstić information content (AvgIpc) is 2.38. The van der Waals surface area contributed by atoms with Gasteiger partial charge in [0.05, 0.1) is 15.7 Å². The third-order valence-electron chi connectivity index (χ3n) is 2.93. The lowest BCUT2D eigenvalue weighted by Gasteiger charge is -2.29. The second-order valence-electron chi connectivity index (χ2n) is 5.25. The predicted molar refractivity (Wildman–Crippen MR) is 84.4 cm³/mol. The van der Waals surface area contributed by atoms with E-state index in [1.165, 1.54) is 32.9 Å². The summed E-state index contributed by atoms with van der Waals surface area (Å²) in [7, 11) is 0. The Labute approximate surface area is 142 Å². The number of nitrogens with one attached hydrogen (secondary N) is 1. The Morgan fingerprint density at radius 1 is 1.13 bits per heavy atom. The van der Waals surface area contributed by atoms with Crippen LogP contribution in [-0.2, 0) is 19.1 Å². The zero-order valence-corrected chi connectivity index (χ0v) is 14.0. The highest BCUT2D eigenvalue weighted by Crippen LogP contribution is 2.32. The Bertz CT molecular complexity index is 694. The third-order valence-corrected chi connectivity index (χ3v) is 3.52. The molecule has 0 aromatic heterocycles. The van der Waals surface area contributed by atoms with Gasteiger partial charge >= 0.3 is 11.9 Å². The SMILES string of the molecule is CC(=O)c1cc(Cl)c(NC=C2C(=O)OC(C)(C)OC2=O)c(Cl)c1. The first-order chi connectivity index (χ1) is 10.6. The number of esters is 2. The molecule has 2 rings (SSSR count). The van der Waals surface area contributed by atoms with Crippen molar-refractivity contribution >= 4 is 46.6 Å². The Morgan fingerprint density at radius 3 is 2.04 bits per heavy atom. The van der Waals surface area contributed by atoms with Crippen molar-refractivity contribution in [3.8, 4) is 0 Å². The van der Waals surface area contributed by atoms with Gasteiger partial charge in [-0.2, -0.15) is 0 Å². The molecule has 122 valence electrons. The molecule has 0 atom stereocenters. The molecule has 8 heteroatoms. The van der Waals surface area contributed by atoms with Gasteiger partial charge in [0.2, 0.25) is 0 Å². The molecule has 1 aromatic carbocycles. The lowest BCUT2D eigenvalue weighted by Crippen LogP contribution is -2.42. The summed E-state index contributed by atoms with van der Waals surface area (Å²) in [5, 5.41) is 2.99. The van der Waals surface area contributed by atoms with E-state index in [0.29, 0.717) is 5.56 Å². The van der Waals surface area contributed by atoms with Gasteiger partial charge in [-0.3, -0.25) is 4.79 Å². The maximum atomic E-state index is 11.8. The fourth-order valence-corrected chi connectivity index (χ4v) is 2.43. The highest BCUT2D eigenvalue weighted by atomic mass is 35.5. The summed E-state index contributed by atoms with van der Waals surface area (Å²) < 4.78 is 9.91. The first kappa shape index (κ1) is 17.3. The van der Waals surface area contributed by atoms with E-state index in [9.17, 15) is 14.4 Å². The molecule has 23 heavy (non-hydrogen) atoms. The van der Waals surface area contributed by atoms with Crippen LogP contribution < -0.4 is 5.32 Å². The van der Waals surface area contributed by atoms with Crippen LogP contribution in [-0.4, -0.2) is 23.5 Å². The van der Waals surface area contributed by atoms with E-state index in [1.54, 1.807) is 0 Å². The van der Waals surface area contributed by atoms with Gasteiger partial charge in [0.15, 0.2) is 11.4 Å². The van der Waals surface area contributed by atoms with Crippen molar-refractivity contribution < 1.29 is 23.9 Å². The van der Waals surface area contributed by atoms with Crippen molar-refractivity contribution in [1.82, 2.24) is 0 Å². The second kappa shape index (κ2) is 6.22. The predicted octanol–water partition coefficient (Wildman–Crippen LogP) is 3.33. The van der Waals surface area contributed by atoms with Gasteiger partial charge in [-0.05, 0) is 19.1 Å².